The number of aromatic nitrogens is 1. The van der Waals surface area contributed by atoms with Crippen LogP contribution in [0, 0.1) is 17.6 Å². The molecule has 32 heavy (non-hydrogen) atoms. The predicted octanol–water partition coefficient (Wildman–Crippen LogP) is 3.47. The van der Waals surface area contributed by atoms with Crippen molar-refractivity contribution in [1.82, 2.24) is 4.98 Å². The van der Waals surface area contributed by atoms with Gasteiger partial charge in [-0.25, -0.2) is 23.0 Å². The summed E-state index contributed by atoms with van der Waals surface area (Å²) < 4.78 is 61.9. The largest absolute Gasteiger partial charge is 0.495 e. The van der Waals surface area contributed by atoms with E-state index in [1.165, 1.54) is 31.7 Å². The zero-order chi connectivity index (χ0) is 23.5. The third-order valence-electron chi connectivity index (χ3n) is 4.72. The molecular formula is C21H25F2N5O3S. The molecule has 0 aliphatic heterocycles. The first kappa shape index (κ1) is 23.2. The molecule has 0 saturated heterocycles. The number of ether oxygens (including phenoxy) is 1. The van der Waals surface area contributed by atoms with Gasteiger partial charge < -0.3 is 10.5 Å². The SMILES string of the molecule is COc1cncc(/C(N)=C/N(N)c2c(F)ccc(NS(=O)(=O)C3=CCC(C)C=C3)c2F)c1.[HH]. The summed E-state index contributed by atoms with van der Waals surface area (Å²) in [5, 5.41) is 0.638. The summed E-state index contributed by atoms with van der Waals surface area (Å²) in [6, 6.07) is 3.45. The van der Waals surface area contributed by atoms with Crippen LogP contribution in [0.25, 0.3) is 5.70 Å². The number of nitrogens with one attached hydrogen (secondary N) is 1. The Bertz CT molecular complexity index is 1220. The number of rotatable bonds is 7. The van der Waals surface area contributed by atoms with E-state index in [1.807, 2.05) is 6.92 Å². The highest BCUT2D eigenvalue weighted by atomic mass is 32.2. The van der Waals surface area contributed by atoms with E-state index in [4.69, 9.17) is 16.3 Å². The number of hydrazine groups is 1. The number of hydrogen-bond donors (Lipinski definition) is 3. The Morgan fingerprint density at radius 3 is 2.78 bits per heavy atom. The van der Waals surface area contributed by atoms with E-state index in [0.29, 0.717) is 22.7 Å². The van der Waals surface area contributed by atoms with Crippen LogP contribution in [0.15, 0.2) is 59.9 Å². The molecule has 1 heterocycles. The van der Waals surface area contributed by atoms with Crippen molar-refractivity contribution in [3.63, 3.8) is 0 Å². The molecule has 0 bridgehead atoms. The standard InChI is InChI=1S/C21H23F2N5O3S.H2/c1-13-3-5-16(6-4-13)32(29,30)27-19-8-7-17(22)21(20(19)23)28(25)12-18(24)14-9-15(31-2)11-26-10-14;/h3,5-13,27H,4,24-25H2,1-2H3;1H/b18-12-;. The van der Waals surface area contributed by atoms with Gasteiger partial charge in [0.25, 0.3) is 10.0 Å². The Balaban J connectivity index is 0.00000385. The van der Waals surface area contributed by atoms with Gasteiger partial charge in [-0.3, -0.25) is 14.7 Å². The van der Waals surface area contributed by atoms with E-state index >= 15 is 4.39 Å². The van der Waals surface area contributed by atoms with Gasteiger partial charge in [-0.15, -0.1) is 0 Å². The normalized spacial score (nSPS) is 16.5. The Morgan fingerprint density at radius 2 is 2.12 bits per heavy atom. The van der Waals surface area contributed by atoms with Crippen LogP contribution >= 0.6 is 0 Å². The molecule has 2 aromatic rings. The number of benzene rings is 1. The maximum absolute atomic E-state index is 15.1. The molecular weight excluding hydrogens is 440 g/mol. The average Bonchev–Trinajstić information content (AvgIpc) is 2.76. The van der Waals surface area contributed by atoms with Gasteiger partial charge in [0.15, 0.2) is 11.6 Å². The smallest absolute Gasteiger partial charge is 0.261 e. The maximum Gasteiger partial charge on any atom is 0.261 e. The number of nitrogens with zero attached hydrogens (tertiary/aromatic N) is 2. The molecule has 1 aromatic carbocycles. The van der Waals surface area contributed by atoms with Gasteiger partial charge in [-0.05, 0) is 36.6 Å². The number of sulfonamides is 1. The number of allylic oxidation sites excluding steroid dienone is 3. The van der Waals surface area contributed by atoms with Crippen LogP contribution in [0.3, 0.4) is 0 Å². The Labute approximate surface area is 186 Å². The van der Waals surface area contributed by atoms with Crippen LogP contribution in [-0.2, 0) is 10.0 Å². The topological polar surface area (TPSA) is 124 Å². The first-order valence-electron chi connectivity index (χ1n) is 9.52. The summed E-state index contributed by atoms with van der Waals surface area (Å²) >= 11 is 0. The van der Waals surface area contributed by atoms with Crippen LogP contribution in [-0.4, -0.2) is 20.5 Å². The van der Waals surface area contributed by atoms with Crippen molar-refractivity contribution in [2.45, 2.75) is 13.3 Å². The van der Waals surface area contributed by atoms with Gasteiger partial charge in [0.1, 0.15) is 11.4 Å². The Morgan fingerprint density at radius 1 is 1.38 bits per heavy atom. The molecule has 172 valence electrons. The van der Waals surface area contributed by atoms with E-state index in [-0.39, 0.29) is 17.9 Å². The molecule has 1 atom stereocenters. The summed E-state index contributed by atoms with van der Waals surface area (Å²) in [4.78, 5) is 3.95. The molecule has 1 aromatic heterocycles. The molecule has 1 unspecified atom stereocenters. The van der Waals surface area contributed by atoms with Crippen LogP contribution < -0.4 is 26.0 Å². The second-order valence-corrected chi connectivity index (χ2v) is 8.83. The van der Waals surface area contributed by atoms with Gasteiger partial charge >= 0.3 is 0 Å². The fraction of sp³-hybridized carbons (Fsp3) is 0.190. The number of methoxy groups -OCH3 is 1. The van der Waals surface area contributed by atoms with Gasteiger partial charge in [-0.2, -0.15) is 0 Å². The van der Waals surface area contributed by atoms with Crippen LogP contribution in [0.2, 0.25) is 0 Å². The van der Waals surface area contributed by atoms with E-state index < -0.39 is 33.0 Å². The first-order chi connectivity index (χ1) is 15.1. The molecule has 1 aliphatic carbocycles. The van der Waals surface area contributed by atoms with Crippen molar-refractivity contribution in [3.8, 4) is 5.75 Å². The van der Waals surface area contributed by atoms with Crippen molar-refractivity contribution in [1.29, 1.82) is 0 Å². The monoisotopic (exact) mass is 465 g/mol. The average molecular weight is 466 g/mol. The van der Waals surface area contributed by atoms with Crippen LogP contribution in [0.5, 0.6) is 5.75 Å². The number of anilines is 2. The van der Waals surface area contributed by atoms with Crippen LogP contribution in [0.4, 0.5) is 20.2 Å². The van der Waals surface area contributed by atoms with E-state index in [0.717, 1.165) is 18.3 Å². The number of pyridine rings is 1. The van der Waals surface area contributed by atoms with E-state index in [9.17, 15) is 12.8 Å². The maximum atomic E-state index is 15.1. The summed E-state index contributed by atoms with van der Waals surface area (Å²) in [7, 11) is -2.62. The minimum absolute atomic E-state index is 0. The second-order valence-electron chi connectivity index (χ2n) is 7.15. The number of hydrogen-bond acceptors (Lipinski definition) is 7. The molecule has 0 saturated carbocycles. The van der Waals surface area contributed by atoms with Gasteiger partial charge in [-0.1, -0.05) is 19.1 Å². The fourth-order valence-corrected chi connectivity index (χ4v) is 4.08. The lowest BCUT2D eigenvalue weighted by molar-refractivity contribution is 0.412. The lowest BCUT2D eigenvalue weighted by Gasteiger charge is -2.19. The van der Waals surface area contributed by atoms with Crippen molar-refractivity contribution >= 4 is 27.1 Å². The highest BCUT2D eigenvalue weighted by molar-refractivity contribution is 7.96. The summed E-state index contributed by atoms with van der Waals surface area (Å²) in [6.45, 7) is 1.94. The minimum atomic E-state index is -4.07. The molecule has 0 amide bonds. The Kier molecular flexibility index (Phi) is 6.80. The predicted molar refractivity (Wildman–Crippen MR) is 122 cm³/mol. The van der Waals surface area contributed by atoms with Crippen molar-refractivity contribution in [2.75, 3.05) is 16.8 Å². The molecule has 0 fully saturated rings. The first-order valence-corrected chi connectivity index (χ1v) is 11.0. The molecule has 0 radical (unpaired) electrons. The molecule has 0 spiro atoms. The molecule has 3 rings (SSSR count). The molecule has 5 N–H and O–H groups in total. The van der Waals surface area contributed by atoms with Crippen molar-refractivity contribution in [2.24, 2.45) is 17.5 Å². The zero-order valence-electron chi connectivity index (χ0n) is 17.4. The second kappa shape index (κ2) is 9.37. The fourth-order valence-electron chi connectivity index (χ4n) is 2.94. The highest BCUT2D eigenvalue weighted by Gasteiger charge is 2.23. The highest BCUT2D eigenvalue weighted by Crippen LogP contribution is 2.31. The summed E-state index contributed by atoms with van der Waals surface area (Å²) in [5.41, 5.74) is 5.29. The lowest BCUT2D eigenvalue weighted by atomic mass is 10.0. The number of halogens is 2. The molecule has 1 aliphatic rings. The summed E-state index contributed by atoms with van der Waals surface area (Å²) in [6.07, 6.45) is 9.22. The van der Waals surface area contributed by atoms with E-state index in [2.05, 4.69) is 9.71 Å². The van der Waals surface area contributed by atoms with Crippen molar-refractivity contribution in [3.05, 3.63) is 77.1 Å². The third-order valence-corrected chi connectivity index (χ3v) is 6.13. The minimum Gasteiger partial charge on any atom is -0.495 e. The quantitative estimate of drug-likeness (QED) is 0.422. The zero-order valence-corrected chi connectivity index (χ0v) is 18.2. The van der Waals surface area contributed by atoms with Crippen LogP contribution in [0.1, 0.15) is 20.3 Å². The third kappa shape index (κ3) is 5.06. The Hall–Kier alpha value is -3.44. The summed E-state index contributed by atoms with van der Waals surface area (Å²) in [5.74, 6) is 4.26. The van der Waals surface area contributed by atoms with Gasteiger partial charge in [0.2, 0.25) is 0 Å². The number of nitrogens with two attached hydrogens (primary N) is 2. The molecule has 11 heteroatoms. The van der Waals surface area contributed by atoms with E-state index in [1.54, 1.807) is 12.1 Å². The van der Waals surface area contributed by atoms with Gasteiger partial charge in [0.05, 0.1) is 29.6 Å². The lowest BCUT2D eigenvalue weighted by Crippen LogP contribution is -2.28. The van der Waals surface area contributed by atoms with Gasteiger partial charge in [0, 0.05) is 19.4 Å². The van der Waals surface area contributed by atoms with Crippen molar-refractivity contribution < 1.29 is 23.4 Å². The molecule has 8 nitrogen and oxygen atoms in total.